The first-order chi connectivity index (χ1) is 12.1. The van der Waals surface area contributed by atoms with Crippen molar-refractivity contribution in [3.05, 3.63) is 46.8 Å². The summed E-state index contributed by atoms with van der Waals surface area (Å²) in [6.45, 7) is 7.53. The monoisotopic (exact) mass is 354 g/mol. The highest BCUT2D eigenvalue weighted by Crippen LogP contribution is 2.23. The zero-order chi connectivity index (χ0) is 17.8. The molecule has 1 aliphatic rings. The summed E-state index contributed by atoms with van der Waals surface area (Å²) in [7, 11) is 0. The molecule has 0 saturated carbocycles. The van der Waals surface area contributed by atoms with E-state index >= 15 is 0 Å². The van der Waals surface area contributed by atoms with Crippen LogP contribution >= 0.6 is 11.3 Å². The molecule has 0 radical (unpaired) electrons. The van der Waals surface area contributed by atoms with Crippen molar-refractivity contribution in [2.45, 2.75) is 19.9 Å². The van der Waals surface area contributed by atoms with E-state index in [1.807, 2.05) is 12.3 Å². The van der Waals surface area contributed by atoms with Crippen molar-refractivity contribution in [1.29, 1.82) is 5.26 Å². The van der Waals surface area contributed by atoms with Crippen molar-refractivity contribution < 1.29 is 4.79 Å². The fourth-order valence-corrected chi connectivity index (χ4v) is 3.81. The van der Waals surface area contributed by atoms with Crippen LogP contribution in [-0.4, -0.2) is 43.0 Å². The van der Waals surface area contributed by atoms with Crippen LogP contribution in [0, 0.1) is 18.3 Å². The molecular formula is C19H22N4OS. The number of carbonyl (C=O) groups is 1. The van der Waals surface area contributed by atoms with Gasteiger partial charge in [0.05, 0.1) is 11.6 Å². The quantitative estimate of drug-likeness (QED) is 0.917. The molecule has 0 unspecified atom stereocenters. The number of amides is 1. The van der Waals surface area contributed by atoms with Crippen LogP contribution in [-0.2, 0) is 4.79 Å². The summed E-state index contributed by atoms with van der Waals surface area (Å²) in [5.41, 5.74) is 3.03. The zero-order valence-electron chi connectivity index (χ0n) is 14.5. The summed E-state index contributed by atoms with van der Waals surface area (Å²) >= 11 is 1.38. The van der Waals surface area contributed by atoms with Gasteiger partial charge in [-0.2, -0.15) is 5.26 Å². The summed E-state index contributed by atoms with van der Waals surface area (Å²) in [6, 6.07) is 12.1. The van der Waals surface area contributed by atoms with E-state index < -0.39 is 0 Å². The summed E-state index contributed by atoms with van der Waals surface area (Å²) in [5.74, 6) is -0.0528. The number of anilines is 2. The normalized spacial score (nSPS) is 16.3. The molecule has 0 bridgehead atoms. The van der Waals surface area contributed by atoms with Crippen LogP contribution in [0.5, 0.6) is 0 Å². The maximum Gasteiger partial charge on any atom is 0.242 e. The van der Waals surface area contributed by atoms with E-state index in [4.69, 9.17) is 5.26 Å². The second-order valence-corrected chi connectivity index (χ2v) is 7.22. The van der Waals surface area contributed by atoms with E-state index in [1.54, 1.807) is 6.07 Å². The molecule has 1 aromatic heterocycles. The Hall–Kier alpha value is -2.36. The lowest BCUT2D eigenvalue weighted by Gasteiger charge is -2.38. The number of benzene rings is 1. The molecule has 3 rings (SSSR count). The van der Waals surface area contributed by atoms with Crippen LogP contribution < -0.4 is 10.2 Å². The van der Waals surface area contributed by atoms with Gasteiger partial charge in [-0.1, -0.05) is 12.1 Å². The lowest BCUT2D eigenvalue weighted by molar-refractivity contribution is -0.120. The highest BCUT2D eigenvalue weighted by atomic mass is 32.1. The number of hydrogen-bond acceptors (Lipinski definition) is 5. The molecule has 1 amide bonds. The highest BCUT2D eigenvalue weighted by Gasteiger charge is 2.26. The van der Waals surface area contributed by atoms with Gasteiger partial charge in [0, 0.05) is 31.9 Å². The molecule has 1 N–H and O–H groups in total. The molecule has 2 aromatic rings. The van der Waals surface area contributed by atoms with Gasteiger partial charge < -0.3 is 10.2 Å². The van der Waals surface area contributed by atoms with Gasteiger partial charge in [0.25, 0.3) is 0 Å². The fourth-order valence-electron chi connectivity index (χ4n) is 3.07. The minimum atomic E-state index is -0.215. The Morgan fingerprint density at radius 3 is 2.72 bits per heavy atom. The molecule has 2 heterocycles. The van der Waals surface area contributed by atoms with E-state index in [9.17, 15) is 4.79 Å². The number of rotatable bonds is 4. The van der Waals surface area contributed by atoms with Gasteiger partial charge >= 0.3 is 0 Å². The number of nitrogens with one attached hydrogen (secondary N) is 1. The molecule has 5 nitrogen and oxygen atoms in total. The molecule has 1 atom stereocenters. The Balaban J connectivity index is 1.57. The second-order valence-electron chi connectivity index (χ2n) is 6.30. The smallest absolute Gasteiger partial charge is 0.242 e. The van der Waals surface area contributed by atoms with Crippen LogP contribution in [0.4, 0.5) is 10.7 Å². The van der Waals surface area contributed by atoms with Gasteiger partial charge in [0.15, 0.2) is 0 Å². The number of nitrogens with zero attached hydrogens (tertiary/aromatic N) is 3. The first kappa shape index (κ1) is 17.5. The van der Waals surface area contributed by atoms with E-state index in [0.29, 0.717) is 10.6 Å². The minimum absolute atomic E-state index is 0.0528. The third-order valence-corrected chi connectivity index (χ3v) is 5.46. The van der Waals surface area contributed by atoms with Crippen LogP contribution in [0.2, 0.25) is 0 Å². The number of aryl methyl sites for hydroxylation is 1. The van der Waals surface area contributed by atoms with Crippen molar-refractivity contribution in [3.8, 4) is 6.07 Å². The third kappa shape index (κ3) is 4.01. The molecule has 1 aliphatic heterocycles. The van der Waals surface area contributed by atoms with Crippen LogP contribution in [0.3, 0.4) is 0 Å². The molecular weight excluding hydrogens is 332 g/mol. The first-order valence-corrected chi connectivity index (χ1v) is 9.30. The lowest BCUT2D eigenvalue weighted by atomic mass is 10.1. The number of hydrogen-bond donors (Lipinski definition) is 1. The van der Waals surface area contributed by atoms with E-state index in [-0.39, 0.29) is 11.9 Å². The SMILES string of the molecule is Cc1cccc(N2CCN([C@@H](C)C(=O)Nc3sccc3C#N)CC2)c1. The first-order valence-electron chi connectivity index (χ1n) is 8.42. The summed E-state index contributed by atoms with van der Waals surface area (Å²) < 4.78 is 0. The van der Waals surface area contributed by atoms with Crippen LogP contribution in [0.1, 0.15) is 18.1 Å². The Kier molecular flexibility index (Phi) is 5.37. The molecule has 0 spiro atoms. The second kappa shape index (κ2) is 7.68. The fraction of sp³-hybridized carbons (Fsp3) is 0.368. The molecule has 1 saturated heterocycles. The Morgan fingerprint density at radius 2 is 2.04 bits per heavy atom. The standard InChI is InChI=1S/C19H22N4OS/c1-14-4-3-5-17(12-14)23-9-7-22(8-10-23)15(2)18(24)21-19-16(13-20)6-11-25-19/h3-6,11-12,15H,7-10H2,1-2H3,(H,21,24)/t15-/m0/s1. The van der Waals surface area contributed by atoms with Gasteiger partial charge in [-0.05, 0) is 43.0 Å². The van der Waals surface area contributed by atoms with Gasteiger partial charge in [-0.25, -0.2) is 0 Å². The number of nitriles is 1. The molecule has 1 aromatic carbocycles. The van der Waals surface area contributed by atoms with Gasteiger partial charge in [-0.15, -0.1) is 11.3 Å². The largest absolute Gasteiger partial charge is 0.369 e. The lowest BCUT2D eigenvalue weighted by Crippen LogP contribution is -2.52. The molecule has 25 heavy (non-hydrogen) atoms. The Bertz CT molecular complexity index is 787. The van der Waals surface area contributed by atoms with E-state index in [2.05, 4.69) is 52.4 Å². The van der Waals surface area contributed by atoms with Crippen molar-refractivity contribution in [2.75, 3.05) is 36.4 Å². The third-order valence-electron chi connectivity index (χ3n) is 4.63. The summed E-state index contributed by atoms with van der Waals surface area (Å²) in [6.07, 6.45) is 0. The average Bonchev–Trinajstić information content (AvgIpc) is 3.08. The Morgan fingerprint density at radius 1 is 1.28 bits per heavy atom. The van der Waals surface area contributed by atoms with Gasteiger partial charge in [0.2, 0.25) is 5.91 Å². The van der Waals surface area contributed by atoms with E-state index in [0.717, 1.165) is 26.2 Å². The predicted molar refractivity (Wildman–Crippen MR) is 102 cm³/mol. The molecule has 1 fully saturated rings. The van der Waals surface area contributed by atoms with Crippen molar-refractivity contribution >= 4 is 27.9 Å². The van der Waals surface area contributed by atoms with Crippen molar-refractivity contribution in [1.82, 2.24) is 4.90 Å². The predicted octanol–water partition coefficient (Wildman–Crippen LogP) is 3.08. The van der Waals surface area contributed by atoms with Crippen molar-refractivity contribution in [2.24, 2.45) is 0 Å². The van der Waals surface area contributed by atoms with Crippen LogP contribution in [0.15, 0.2) is 35.7 Å². The number of thiophene rings is 1. The van der Waals surface area contributed by atoms with Gasteiger partial charge in [0.1, 0.15) is 11.1 Å². The van der Waals surface area contributed by atoms with E-state index in [1.165, 1.54) is 22.6 Å². The molecule has 130 valence electrons. The Labute approximate surface area is 152 Å². The zero-order valence-corrected chi connectivity index (χ0v) is 15.3. The number of carbonyl (C=O) groups excluding carboxylic acids is 1. The number of piperazine rings is 1. The average molecular weight is 354 g/mol. The summed E-state index contributed by atoms with van der Waals surface area (Å²) in [4.78, 5) is 17.1. The molecule has 0 aliphatic carbocycles. The maximum atomic E-state index is 12.5. The van der Waals surface area contributed by atoms with Crippen LogP contribution in [0.25, 0.3) is 0 Å². The minimum Gasteiger partial charge on any atom is -0.369 e. The van der Waals surface area contributed by atoms with Gasteiger partial charge in [-0.3, -0.25) is 9.69 Å². The topological polar surface area (TPSA) is 59.4 Å². The van der Waals surface area contributed by atoms with Crippen molar-refractivity contribution in [3.63, 3.8) is 0 Å². The summed E-state index contributed by atoms with van der Waals surface area (Å²) in [5, 5.41) is 14.4. The molecule has 6 heteroatoms. The highest BCUT2D eigenvalue weighted by molar-refractivity contribution is 7.14. The maximum absolute atomic E-state index is 12.5.